The van der Waals surface area contributed by atoms with Gasteiger partial charge in [-0.3, -0.25) is 7.05 Å². The van der Waals surface area contributed by atoms with Gasteiger partial charge in [-0.05, 0) is 32.0 Å². The molecule has 2 rings (SSSR count). The van der Waals surface area contributed by atoms with E-state index in [9.17, 15) is 0 Å². The third kappa shape index (κ3) is 1.36. The van der Waals surface area contributed by atoms with Gasteiger partial charge in [-0.1, -0.05) is 0 Å². The molecule has 0 aromatic rings. The summed E-state index contributed by atoms with van der Waals surface area (Å²) in [6, 6.07) is 1.52. The molecule has 0 aromatic heterocycles. The standard InChI is InChI=1S/C7H13N2.Sc/c1-9-5-3-6-7(9)2-4-8-6;/h6-8H,1-5H2;/q-1;. The Balaban J connectivity index is 0.000000500. The largest absolute Gasteiger partial charge is 0.455 e. The van der Waals surface area contributed by atoms with Crippen molar-refractivity contribution in [1.82, 2.24) is 10.2 Å². The van der Waals surface area contributed by atoms with Gasteiger partial charge < -0.3 is 10.2 Å². The Morgan fingerprint density at radius 1 is 1.40 bits per heavy atom. The summed E-state index contributed by atoms with van der Waals surface area (Å²) in [5.41, 5.74) is 0. The van der Waals surface area contributed by atoms with Crippen LogP contribution in [0.5, 0.6) is 0 Å². The maximum absolute atomic E-state index is 3.97. The van der Waals surface area contributed by atoms with Gasteiger partial charge in [0.2, 0.25) is 0 Å². The van der Waals surface area contributed by atoms with E-state index in [1.54, 1.807) is 0 Å². The molecule has 0 saturated carbocycles. The van der Waals surface area contributed by atoms with Crippen LogP contribution in [-0.2, 0) is 25.8 Å². The van der Waals surface area contributed by atoms with E-state index < -0.39 is 0 Å². The topological polar surface area (TPSA) is 15.3 Å². The molecule has 0 aliphatic carbocycles. The van der Waals surface area contributed by atoms with E-state index in [2.05, 4.69) is 17.3 Å². The van der Waals surface area contributed by atoms with Gasteiger partial charge in [-0.2, -0.15) is 0 Å². The summed E-state index contributed by atoms with van der Waals surface area (Å²) in [5, 5.41) is 3.47. The Kier molecular flexibility index (Phi) is 3.07. The first-order chi connectivity index (χ1) is 4.38. The van der Waals surface area contributed by atoms with Crippen LogP contribution in [0.4, 0.5) is 0 Å². The average molecular weight is 170 g/mol. The summed E-state index contributed by atoms with van der Waals surface area (Å²) in [4.78, 5) is 2.23. The molecule has 0 spiro atoms. The smallest absolute Gasteiger partial charge is 0.0211 e. The fourth-order valence-corrected chi connectivity index (χ4v) is 1.96. The summed E-state index contributed by atoms with van der Waals surface area (Å²) in [6.07, 6.45) is 2.60. The molecule has 0 aromatic carbocycles. The molecule has 1 radical (unpaired) electrons. The van der Waals surface area contributed by atoms with Crippen molar-refractivity contribution in [3.05, 3.63) is 7.05 Å². The minimum Gasteiger partial charge on any atom is -0.455 e. The normalized spacial score (nSPS) is 39.3. The summed E-state index contributed by atoms with van der Waals surface area (Å²) in [5.74, 6) is 0. The molecule has 0 amide bonds. The molecule has 55 valence electrons. The van der Waals surface area contributed by atoms with Gasteiger partial charge in [0, 0.05) is 31.9 Å². The Bertz CT molecular complexity index is 118. The number of nitrogens with one attached hydrogen (secondary N) is 1. The van der Waals surface area contributed by atoms with Crippen LogP contribution in [0.2, 0.25) is 0 Å². The molecule has 2 nitrogen and oxygen atoms in total. The van der Waals surface area contributed by atoms with Crippen molar-refractivity contribution < 1.29 is 25.8 Å². The number of rotatable bonds is 0. The van der Waals surface area contributed by atoms with Gasteiger partial charge in [0.1, 0.15) is 0 Å². The van der Waals surface area contributed by atoms with Crippen LogP contribution < -0.4 is 5.32 Å². The first kappa shape index (κ1) is 8.88. The summed E-state index contributed by atoms with van der Waals surface area (Å²) >= 11 is 0. The van der Waals surface area contributed by atoms with Crippen molar-refractivity contribution in [1.29, 1.82) is 0 Å². The number of hydrogen-bond acceptors (Lipinski definition) is 2. The first-order valence-electron chi connectivity index (χ1n) is 3.68. The molecule has 2 unspecified atom stereocenters. The van der Waals surface area contributed by atoms with Gasteiger partial charge in [-0.25, -0.2) is 0 Å². The van der Waals surface area contributed by atoms with Gasteiger partial charge in [0.05, 0.1) is 0 Å². The first-order valence-corrected chi connectivity index (χ1v) is 3.68. The summed E-state index contributed by atoms with van der Waals surface area (Å²) in [6.45, 7) is 2.38. The van der Waals surface area contributed by atoms with Crippen LogP contribution in [0.25, 0.3) is 0 Å². The molecule has 2 saturated heterocycles. The third-order valence-electron chi connectivity index (χ3n) is 2.51. The molecular formula is C7H13N2Sc-. The fourth-order valence-electron chi connectivity index (χ4n) is 1.96. The van der Waals surface area contributed by atoms with Crippen molar-refractivity contribution in [2.75, 3.05) is 13.1 Å². The Morgan fingerprint density at radius 2 is 2.20 bits per heavy atom. The van der Waals surface area contributed by atoms with E-state index in [4.69, 9.17) is 0 Å². The molecule has 2 atom stereocenters. The van der Waals surface area contributed by atoms with Crippen molar-refractivity contribution in [2.24, 2.45) is 0 Å². The Hall–Kier alpha value is 0.790. The van der Waals surface area contributed by atoms with Crippen LogP contribution in [-0.4, -0.2) is 30.1 Å². The van der Waals surface area contributed by atoms with Crippen LogP contribution in [0.1, 0.15) is 12.8 Å². The maximum Gasteiger partial charge on any atom is 0.0211 e. The van der Waals surface area contributed by atoms with Crippen molar-refractivity contribution >= 4 is 0 Å². The second-order valence-electron chi connectivity index (χ2n) is 3.02. The molecule has 2 heterocycles. The second kappa shape index (κ2) is 3.46. The van der Waals surface area contributed by atoms with E-state index in [0.29, 0.717) is 0 Å². The van der Waals surface area contributed by atoms with Crippen molar-refractivity contribution in [2.45, 2.75) is 24.9 Å². The third-order valence-corrected chi connectivity index (χ3v) is 2.51. The van der Waals surface area contributed by atoms with Crippen LogP contribution in [0, 0.1) is 7.05 Å². The zero-order valence-electron chi connectivity index (χ0n) is 6.21. The van der Waals surface area contributed by atoms with E-state index in [1.165, 1.54) is 25.9 Å². The minimum absolute atomic E-state index is 0. The number of fused-ring (bicyclic) bond motifs is 1. The molecule has 2 aliphatic rings. The molecular weight excluding hydrogens is 157 g/mol. The van der Waals surface area contributed by atoms with Crippen LogP contribution in [0.3, 0.4) is 0 Å². The zero-order valence-corrected chi connectivity index (χ0v) is 8.02. The SMILES string of the molecule is [CH2-]N1CCC2NCCC21.[Sc]. The maximum atomic E-state index is 3.97. The summed E-state index contributed by atoms with van der Waals surface area (Å²) < 4.78 is 0. The Morgan fingerprint density at radius 3 is 2.90 bits per heavy atom. The van der Waals surface area contributed by atoms with Gasteiger partial charge in [0.25, 0.3) is 0 Å². The molecule has 2 aliphatic heterocycles. The molecule has 2 fully saturated rings. The number of likely N-dealkylation sites (tertiary alicyclic amines) is 1. The average Bonchev–Trinajstić information content (AvgIpc) is 2.35. The minimum atomic E-state index is 0. The molecule has 0 bridgehead atoms. The van der Waals surface area contributed by atoms with E-state index in [0.717, 1.165) is 12.1 Å². The predicted octanol–water partition coefficient (Wildman–Crippen LogP) is 0.212. The van der Waals surface area contributed by atoms with Gasteiger partial charge in [-0.15, -0.1) is 0 Å². The van der Waals surface area contributed by atoms with Crippen molar-refractivity contribution in [3.8, 4) is 0 Å². The Labute approximate surface area is 81.1 Å². The quantitative estimate of drug-likeness (QED) is 0.523. The van der Waals surface area contributed by atoms with Gasteiger partial charge >= 0.3 is 0 Å². The monoisotopic (exact) mass is 170 g/mol. The van der Waals surface area contributed by atoms with Gasteiger partial charge in [0.15, 0.2) is 0 Å². The number of hydrogen-bond donors (Lipinski definition) is 1. The second-order valence-corrected chi connectivity index (χ2v) is 3.02. The molecule has 10 heavy (non-hydrogen) atoms. The van der Waals surface area contributed by atoms with E-state index >= 15 is 0 Å². The van der Waals surface area contributed by atoms with E-state index in [1.807, 2.05) is 0 Å². The van der Waals surface area contributed by atoms with Crippen molar-refractivity contribution in [3.63, 3.8) is 0 Å². The predicted molar refractivity (Wildman–Crippen MR) is 36.9 cm³/mol. The van der Waals surface area contributed by atoms with Crippen LogP contribution in [0.15, 0.2) is 0 Å². The molecule has 1 N–H and O–H groups in total. The number of nitrogens with zero attached hydrogens (tertiary/aromatic N) is 1. The zero-order chi connectivity index (χ0) is 6.27. The molecule has 3 heteroatoms. The van der Waals surface area contributed by atoms with E-state index in [-0.39, 0.29) is 25.8 Å². The fraction of sp³-hybridized carbons (Fsp3) is 0.857. The summed E-state index contributed by atoms with van der Waals surface area (Å²) in [7, 11) is 3.97. The van der Waals surface area contributed by atoms with Crippen LogP contribution >= 0.6 is 0 Å².